The monoisotopic (exact) mass is 964 g/mol. The highest BCUT2D eigenvalue weighted by Gasteiger charge is 2.26. The van der Waals surface area contributed by atoms with Gasteiger partial charge in [-0.3, -0.25) is 18.6 Å². The van der Waals surface area contributed by atoms with Gasteiger partial charge in [-0.05, 0) is 77.0 Å². The maximum atomic E-state index is 12.7. The molecule has 0 heterocycles. The van der Waals surface area contributed by atoms with Crippen LogP contribution >= 0.6 is 7.82 Å². The fourth-order valence-electron chi connectivity index (χ4n) is 7.99. The Morgan fingerprint density at radius 1 is 0.448 bits per heavy atom. The number of rotatable bonds is 53. The largest absolute Gasteiger partial charge is 0.472 e. The summed E-state index contributed by atoms with van der Waals surface area (Å²) in [5, 5.41) is 0. The average molecular weight is 964 g/mol. The van der Waals surface area contributed by atoms with Gasteiger partial charge in [0.25, 0.3) is 0 Å². The van der Waals surface area contributed by atoms with Crippen LogP contribution in [-0.4, -0.2) is 49.3 Å². The third-order valence-corrected chi connectivity index (χ3v) is 13.2. The molecule has 0 radical (unpaired) electrons. The van der Waals surface area contributed by atoms with E-state index in [2.05, 4.69) is 62.5 Å². The Hall–Kier alpha value is -2.03. The van der Waals surface area contributed by atoms with Gasteiger partial charge in [0.2, 0.25) is 0 Å². The van der Waals surface area contributed by atoms with Crippen LogP contribution < -0.4 is 5.73 Å². The van der Waals surface area contributed by atoms with Crippen LogP contribution in [0.5, 0.6) is 0 Å². The highest BCUT2D eigenvalue weighted by atomic mass is 31.2. The van der Waals surface area contributed by atoms with Crippen LogP contribution in [0.25, 0.3) is 0 Å². The molecule has 10 heteroatoms. The molecule has 67 heavy (non-hydrogen) atoms. The molecule has 0 aromatic carbocycles. The Bertz CT molecular complexity index is 1240. The van der Waals surface area contributed by atoms with E-state index in [-0.39, 0.29) is 38.6 Å². The van der Waals surface area contributed by atoms with E-state index in [9.17, 15) is 19.0 Å². The molecule has 0 fully saturated rings. The summed E-state index contributed by atoms with van der Waals surface area (Å²) < 4.78 is 33.0. The Labute approximate surface area is 413 Å². The minimum absolute atomic E-state index is 0.0506. The molecule has 0 aromatic heterocycles. The van der Waals surface area contributed by atoms with Gasteiger partial charge in [-0.1, -0.05) is 229 Å². The lowest BCUT2D eigenvalue weighted by atomic mass is 10.0. The number of nitrogens with two attached hydrogens (primary N) is 1. The lowest BCUT2D eigenvalue weighted by molar-refractivity contribution is -0.161. The molecule has 0 rings (SSSR count). The number of carbonyl (C=O) groups is 2. The second-order valence-electron chi connectivity index (χ2n) is 18.8. The van der Waals surface area contributed by atoms with Crippen molar-refractivity contribution in [3.05, 3.63) is 48.6 Å². The quantitative estimate of drug-likeness (QED) is 0.0264. The van der Waals surface area contributed by atoms with Gasteiger partial charge in [0.05, 0.1) is 13.2 Å². The second kappa shape index (κ2) is 53.3. The molecular weight excluding hydrogens is 858 g/mol. The number of allylic oxidation sites excluding steroid dienone is 8. The van der Waals surface area contributed by atoms with Crippen LogP contribution in [0.2, 0.25) is 0 Å². The van der Waals surface area contributed by atoms with Gasteiger partial charge in [0, 0.05) is 19.4 Å². The molecule has 0 saturated heterocycles. The van der Waals surface area contributed by atoms with E-state index in [0.717, 1.165) is 70.6 Å². The zero-order valence-corrected chi connectivity index (χ0v) is 44.5. The van der Waals surface area contributed by atoms with Crippen LogP contribution in [0, 0.1) is 0 Å². The normalized spacial score (nSPS) is 13.4. The Kier molecular flexibility index (Phi) is 51.7. The second-order valence-corrected chi connectivity index (χ2v) is 20.3. The number of phosphoric ester groups is 1. The molecule has 2 atom stereocenters. The number of hydrogen-bond donors (Lipinski definition) is 2. The van der Waals surface area contributed by atoms with Gasteiger partial charge < -0.3 is 20.1 Å². The molecular formula is C57H106NO8P. The van der Waals surface area contributed by atoms with Crippen molar-refractivity contribution in [2.75, 3.05) is 26.4 Å². The fourth-order valence-corrected chi connectivity index (χ4v) is 8.76. The molecule has 0 saturated carbocycles. The van der Waals surface area contributed by atoms with E-state index in [1.54, 1.807) is 0 Å². The molecule has 2 unspecified atom stereocenters. The first kappa shape index (κ1) is 65.0. The lowest BCUT2D eigenvalue weighted by Gasteiger charge is -2.19. The van der Waals surface area contributed by atoms with Crippen molar-refractivity contribution in [1.82, 2.24) is 0 Å². The molecule has 0 aliphatic carbocycles. The summed E-state index contributed by atoms with van der Waals surface area (Å²) in [6.07, 6.45) is 64.5. The van der Waals surface area contributed by atoms with E-state index in [0.29, 0.717) is 6.42 Å². The third-order valence-electron chi connectivity index (χ3n) is 12.2. The number of carbonyl (C=O) groups excluding carboxylic acids is 2. The fraction of sp³-hybridized carbons (Fsp3) is 0.825. The van der Waals surface area contributed by atoms with Crippen LogP contribution in [0.3, 0.4) is 0 Å². The van der Waals surface area contributed by atoms with Gasteiger partial charge >= 0.3 is 19.8 Å². The molecule has 0 amide bonds. The number of unbranched alkanes of at least 4 members (excludes halogenated alkanes) is 32. The van der Waals surface area contributed by atoms with Crippen LogP contribution in [-0.2, 0) is 32.7 Å². The van der Waals surface area contributed by atoms with Crippen LogP contribution in [0.4, 0.5) is 0 Å². The van der Waals surface area contributed by atoms with Gasteiger partial charge in [-0.25, -0.2) is 4.57 Å². The minimum Gasteiger partial charge on any atom is -0.462 e. The minimum atomic E-state index is -4.39. The first-order valence-corrected chi connectivity index (χ1v) is 29.6. The maximum absolute atomic E-state index is 12.7. The molecule has 0 aliphatic rings. The van der Waals surface area contributed by atoms with E-state index in [1.807, 2.05) is 0 Å². The van der Waals surface area contributed by atoms with Crippen LogP contribution in [0.1, 0.15) is 271 Å². The van der Waals surface area contributed by atoms with E-state index >= 15 is 0 Å². The van der Waals surface area contributed by atoms with Crippen molar-refractivity contribution in [1.29, 1.82) is 0 Å². The summed E-state index contributed by atoms with van der Waals surface area (Å²) in [5.74, 6) is -0.834. The van der Waals surface area contributed by atoms with Gasteiger partial charge in [0.1, 0.15) is 6.61 Å². The highest BCUT2D eigenvalue weighted by molar-refractivity contribution is 7.47. The Morgan fingerprint density at radius 2 is 0.776 bits per heavy atom. The number of phosphoric acid groups is 1. The first-order valence-electron chi connectivity index (χ1n) is 28.1. The smallest absolute Gasteiger partial charge is 0.462 e. The van der Waals surface area contributed by atoms with Crippen LogP contribution in [0.15, 0.2) is 48.6 Å². The molecule has 0 spiro atoms. The first-order chi connectivity index (χ1) is 32.8. The van der Waals surface area contributed by atoms with Crippen molar-refractivity contribution < 1.29 is 37.6 Å². The Balaban J connectivity index is 3.97. The van der Waals surface area contributed by atoms with E-state index < -0.39 is 26.5 Å². The standard InChI is InChI=1S/C57H106NO8P/c1-3-5-7-9-11-13-15-17-19-21-23-24-25-26-27-28-29-30-32-33-35-37-39-41-43-45-47-49-56(59)63-53-55(54-65-67(61,62)64-52-51-58)66-57(60)50-48-46-44-42-40-38-36-34-31-22-20-18-16-14-12-10-8-6-4-2/h12,14,18,20-21,23,31,34,55H,3-11,13,15-17,19,22,24-30,32-33,35-54,58H2,1-2H3,(H,61,62)/b14-12-,20-18-,23-21-,34-31-. The van der Waals surface area contributed by atoms with E-state index in [1.165, 1.54) is 167 Å². The number of hydrogen-bond acceptors (Lipinski definition) is 8. The number of ether oxygens (including phenoxy) is 2. The van der Waals surface area contributed by atoms with Crippen molar-refractivity contribution in [3.8, 4) is 0 Å². The summed E-state index contributed by atoms with van der Waals surface area (Å²) in [5.41, 5.74) is 5.37. The molecule has 0 aromatic rings. The molecule has 0 bridgehead atoms. The SMILES string of the molecule is CCCCC/C=C\C/C=C\C/C=C\CCCCCCCCC(=O)OC(COC(=O)CCCCCCCCCCCCCCCCC/C=C\CCCCCCCCCC)COP(=O)(O)OCCN. The zero-order chi connectivity index (χ0) is 48.8. The predicted molar refractivity (Wildman–Crippen MR) is 284 cm³/mol. The molecule has 392 valence electrons. The Morgan fingerprint density at radius 3 is 1.19 bits per heavy atom. The molecule has 3 N–H and O–H groups in total. The van der Waals surface area contributed by atoms with E-state index in [4.69, 9.17) is 24.3 Å². The van der Waals surface area contributed by atoms with Crippen molar-refractivity contribution in [2.24, 2.45) is 5.73 Å². The maximum Gasteiger partial charge on any atom is 0.472 e. The lowest BCUT2D eigenvalue weighted by Crippen LogP contribution is -2.29. The average Bonchev–Trinajstić information content (AvgIpc) is 3.32. The van der Waals surface area contributed by atoms with Crippen molar-refractivity contribution >= 4 is 19.8 Å². The zero-order valence-electron chi connectivity index (χ0n) is 43.6. The van der Waals surface area contributed by atoms with Gasteiger partial charge in [-0.15, -0.1) is 0 Å². The predicted octanol–water partition coefficient (Wildman–Crippen LogP) is 17.4. The summed E-state index contributed by atoms with van der Waals surface area (Å²) in [7, 11) is -4.39. The summed E-state index contributed by atoms with van der Waals surface area (Å²) in [4.78, 5) is 35.1. The summed E-state index contributed by atoms with van der Waals surface area (Å²) in [6, 6.07) is 0. The summed E-state index contributed by atoms with van der Waals surface area (Å²) in [6.45, 7) is 3.73. The third kappa shape index (κ3) is 53.2. The highest BCUT2D eigenvalue weighted by Crippen LogP contribution is 2.43. The van der Waals surface area contributed by atoms with Crippen molar-refractivity contribution in [2.45, 2.75) is 277 Å². The molecule has 9 nitrogen and oxygen atoms in total. The molecule has 0 aliphatic heterocycles. The topological polar surface area (TPSA) is 134 Å². The van der Waals surface area contributed by atoms with Gasteiger partial charge in [-0.2, -0.15) is 0 Å². The summed E-state index contributed by atoms with van der Waals surface area (Å²) >= 11 is 0. The number of esters is 2. The van der Waals surface area contributed by atoms with Gasteiger partial charge in [0.15, 0.2) is 6.10 Å². The van der Waals surface area contributed by atoms with Crippen molar-refractivity contribution in [3.63, 3.8) is 0 Å².